The number of ether oxygens (including phenoxy) is 4. The summed E-state index contributed by atoms with van der Waals surface area (Å²) in [5.41, 5.74) is 0. The van der Waals surface area contributed by atoms with Crippen LogP contribution >= 0.6 is 15.6 Å². The molecule has 0 bridgehead atoms. The van der Waals surface area contributed by atoms with E-state index in [0.717, 1.165) is 180 Å². The highest BCUT2D eigenvalue weighted by molar-refractivity contribution is 7.47. The maximum Gasteiger partial charge on any atom is 0.472 e. The summed E-state index contributed by atoms with van der Waals surface area (Å²) in [4.78, 5) is 72.9. The second-order valence-corrected chi connectivity index (χ2v) is 28.4. The van der Waals surface area contributed by atoms with Crippen molar-refractivity contribution in [3.8, 4) is 0 Å². The molecule has 102 heavy (non-hydrogen) atoms. The Morgan fingerprint density at radius 3 is 0.882 bits per heavy atom. The van der Waals surface area contributed by atoms with Crippen LogP contribution in [-0.4, -0.2) is 96.7 Å². The molecule has 0 saturated carbocycles. The van der Waals surface area contributed by atoms with E-state index >= 15 is 0 Å². The molecule has 0 radical (unpaired) electrons. The molecule has 0 amide bonds. The van der Waals surface area contributed by atoms with E-state index in [9.17, 15) is 43.2 Å². The van der Waals surface area contributed by atoms with Crippen LogP contribution in [0.2, 0.25) is 0 Å². The Bertz CT molecular complexity index is 2510. The van der Waals surface area contributed by atoms with Crippen molar-refractivity contribution in [1.29, 1.82) is 0 Å². The minimum Gasteiger partial charge on any atom is -0.462 e. The highest BCUT2D eigenvalue weighted by atomic mass is 31.2. The van der Waals surface area contributed by atoms with Crippen LogP contribution in [0, 0.1) is 0 Å². The van der Waals surface area contributed by atoms with Gasteiger partial charge < -0.3 is 33.8 Å². The maximum absolute atomic E-state index is 13.1. The summed E-state index contributed by atoms with van der Waals surface area (Å²) in [7, 11) is -10.0. The van der Waals surface area contributed by atoms with Gasteiger partial charge in [0.2, 0.25) is 0 Å². The molecule has 0 spiro atoms. The Labute approximate surface area is 617 Å². The highest BCUT2D eigenvalue weighted by Crippen LogP contribution is 2.45. The summed E-state index contributed by atoms with van der Waals surface area (Å²) in [6.45, 7) is 4.38. The smallest absolute Gasteiger partial charge is 0.462 e. The summed E-state index contributed by atoms with van der Waals surface area (Å²) in [6.07, 6.45) is 84.3. The predicted molar refractivity (Wildman–Crippen MR) is 417 cm³/mol. The SMILES string of the molecule is CC/C=C\C/C=C\C/C=C\C/C=C\C/C=C\CC(=O)OC(COC(=O)CCCCCCCCC/C=C\C/C=C\C/C=C\CC)COP(=O)(O)OCC(O)COP(=O)(O)OCC(COC(=O)CCCCCCC/C=C\C/C=C\C/C=C\CC)OC(=O)CCCCCCC/C=C\CCCCCCCC. The van der Waals surface area contributed by atoms with Crippen LogP contribution < -0.4 is 0 Å². The average molecular weight is 1470 g/mol. The largest absolute Gasteiger partial charge is 0.472 e. The lowest BCUT2D eigenvalue weighted by Crippen LogP contribution is -2.30. The van der Waals surface area contributed by atoms with Crippen molar-refractivity contribution in [3.63, 3.8) is 0 Å². The fourth-order valence-electron chi connectivity index (χ4n) is 9.97. The number of phosphoric acid groups is 2. The summed E-state index contributed by atoms with van der Waals surface area (Å²) in [5, 5.41) is 10.6. The number of aliphatic hydroxyl groups excluding tert-OH is 1. The number of hydrogen-bond donors (Lipinski definition) is 3. The highest BCUT2D eigenvalue weighted by Gasteiger charge is 2.30. The fraction of sp³-hybridized carbons (Fsp3) is 0.663. The molecule has 0 aromatic heterocycles. The van der Waals surface area contributed by atoms with Crippen molar-refractivity contribution in [2.24, 2.45) is 0 Å². The van der Waals surface area contributed by atoms with E-state index in [0.29, 0.717) is 25.7 Å². The Morgan fingerprint density at radius 2 is 0.549 bits per heavy atom. The zero-order valence-corrected chi connectivity index (χ0v) is 65.3. The van der Waals surface area contributed by atoms with Gasteiger partial charge in [0.15, 0.2) is 12.2 Å². The molecule has 0 aliphatic carbocycles. The van der Waals surface area contributed by atoms with E-state index in [1.807, 2.05) is 12.2 Å². The van der Waals surface area contributed by atoms with E-state index in [1.54, 1.807) is 12.2 Å². The van der Waals surface area contributed by atoms with Crippen molar-refractivity contribution in [2.75, 3.05) is 39.6 Å². The van der Waals surface area contributed by atoms with Crippen molar-refractivity contribution in [2.45, 2.75) is 316 Å². The zero-order valence-electron chi connectivity index (χ0n) is 63.5. The number of esters is 4. The molecule has 0 rings (SSSR count). The summed E-state index contributed by atoms with van der Waals surface area (Å²) >= 11 is 0. The topological polar surface area (TPSA) is 237 Å². The lowest BCUT2D eigenvalue weighted by molar-refractivity contribution is -0.161. The minimum atomic E-state index is -5.01. The predicted octanol–water partition coefficient (Wildman–Crippen LogP) is 22.7. The number of carbonyl (C=O) groups is 4. The first kappa shape index (κ1) is 96.9. The molecular formula is C83H138O17P2. The van der Waals surface area contributed by atoms with Crippen molar-refractivity contribution in [1.82, 2.24) is 0 Å². The van der Waals surface area contributed by atoms with E-state index in [1.165, 1.54) is 38.5 Å². The van der Waals surface area contributed by atoms with E-state index < -0.39 is 97.5 Å². The van der Waals surface area contributed by atoms with Gasteiger partial charge in [-0.05, 0) is 141 Å². The third-order valence-electron chi connectivity index (χ3n) is 15.8. The third-order valence-corrected chi connectivity index (χ3v) is 17.7. The second kappa shape index (κ2) is 74.2. The third kappa shape index (κ3) is 73.3. The van der Waals surface area contributed by atoms with Crippen LogP contribution in [0.15, 0.2) is 146 Å². The van der Waals surface area contributed by atoms with E-state index in [4.69, 9.17) is 37.0 Å². The minimum absolute atomic E-state index is 0.0755. The summed E-state index contributed by atoms with van der Waals surface area (Å²) < 4.78 is 68.4. The molecule has 582 valence electrons. The van der Waals surface area contributed by atoms with Crippen LogP contribution in [0.3, 0.4) is 0 Å². The van der Waals surface area contributed by atoms with E-state index in [-0.39, 0.29) is 25.7 Å². The molecule has 0 aliphatic rings. The molecule has 3 N–H and O–H groups in total. The van der Waals surface area contributed by atoms with Crippen molar-refractivity contribution < 1.29 is 80.2 Å². The fourth-order valence-corrected chi connectivity index (χ4v) is 11.5. The quantitative estimate of drug-likeness (QED) is 0.0169. The van der Waals surface area contributed by atoms with Gasteiger partial charge in [0, 0.05) is 19.3 Å². The number of hydrogen-bond acceptors (Lipinski definition) is 15. The molecule has 5 atom stereocenters. The molecule has 0 aromatic carbocycles. The molecule has 0 fully saturated rings. The van der Waals surface area contributed by atoms with Crippen LogP contribution in [0.4, 0.5) is 0 Å². The number of carbonyl (C=O) groups excluding carboxylic acids is 4. The van der Waals surface area contributed by atoms with Gasteiger partial charge >= 0.3 is 39.5 Å². The number of aliphatic hydroxyl groups is 1. The molecule has 17 nitrogen and oxygen atoms in total. The average Bonchev–Trinajstić information content (AvgIpc) is 0.919. The Morgan fingerprint density at radius 1 is 0.294 bits per heavy atom. The van der Waals surface area contributed by atoms with Gasteiger partial charge in [-0.2, -0.15) is 0 Å². The second-order valence-electron chi connectivity index (χ2n) is 25.5. The van der Waals surface area contributed by atoms with Gasteiger partial charge in [-0.3, -0.25) is 37.3 Å². The standard InChI is InChI=1S/C83H138O17P2/c1-5-9-13-17-21-25-29-33-37-38-42-44-48-52-56-60-64-68-81(86)94-74-79(100-83(88)70-66-62-58-54-50-46-41-36-32-28-24-20-16-12-8-4)76-98-102(91,92)96-72-77(84)71-95-101(89,90)97-75-78(99-82(87)69-65-61-57-53-49-45-40-35-31-27-23-19-15-11-7-3)73-93-80(85)67-63-59-55-51-47-43-39-34-30-26-22-18-14-10-6-2/h9-10,12-14,16,21-22,24-26,28,33-37,39-41,50,54,62,66,77-79,84H,5-8,11,15,17-20,23,27,29-32,38,42-49,51-53,55-61,63-65,67-76H2,1-4H3,(H,89,90)(H,91,92)/b13-9-,14-10-,16-12-,25-21-,26-22-,28-24-,37-33-,39-34-,40-35-,41-36-,54-50-,66-62-. The molecule has 19 heteroatoms. The van der Waals surface area contributed by atoms with Crippen LogP contribution in [0.25, 0.3) is 0 Å². The van der Waals surface area contributed by atoms with Crippen molar-refractivity contribution >= 4 is 39.5 Å². The molecule has 0 aromatic rings. The van der Waals surface area contributed by atoms with E-state index in [2.05, 4.69) is 149 Å². The lowest BCUT2D eigenvalue weighted by atomic mass is 10.1. The Balaban J connectivity index is 5.45. The first-order valence-corrected chi connectivity index (χ1v) is 42.1. The first-order chi connectivity index (χ1) is 49.7. The molecule has 0 aliphatic heterocycles. The summed E-state index contributed by atoms with van der Waals surface area (Å²) in [6, 6.07) is 0. The number of phosphoric ester groups is 2. The normalized spacial score (nSPS) is 14.7. The summed E-state index contributed by atoms with van der Waals surface area (Å²) in [5.74, 6) is -2.37. The Kier molecular flexibility index (Phi) is 70.5. The Hall–Kier alpha value is -5.06. The van der Waals surface area contributed by atoms with Crippen LogP contribution in [0.1, 0.15) is 297 Å². The molecule has 0 heterocycles. The number of rotatable bonds is 72. The van der Waals surface area contributed by atoms with Crippen molar-refractivity contribution in [3.05, 3.63) is 146 Å². The van der Waals surface area contributed by atoms with Crippen LogP contribution in [0.5, 0.6) is 0 Å². The molecule has 0 saturated heterocycles. The van der Waals surface area contributed by atoms with Crippen LogP contribution in [-0.2, 0) is 65.4 Å². The number of allylic oxidation sites excluding steroid dienone is 23. The van der Waals surface area contributed by atoms with Gasteiger partial charge in [0.1, 0.15) is 19.3 Å². The van der Waals surface area contributed by atoms with Gasteiger partial charge in [-0.15, -0.1) is 0 Å². The van der Waals surface area contributed by atoms with Gasteiger partial charge in [0.05, 0.1) is 32.8 Å². The maximum atomic E-state index is 13.1. The lowest BCUT2D eigenvalue weighted by Gasteiger charge is -2.21. The molecule has 5 unspecified atom stereocenters. The van der Waals surface area contributed by atoms with Gasteiger partial charge in [-0.25, -0.2) is 9.13 Å². The monoisotopic (exact) mass is 1470 g/mol. The zero-order chi connectivity index (χ0) is 74.6. The number of unbranched alkanes of at least 4 members (excludes halogenated alkanes) is 23. The van der Waals surface area contributed by atoms with Gasteiger partial charge in [-0.1, -0.05) is 276 Å². The molecular weight excluding hydrogens is 1330 g/mol. The first-order valence-electron chi connectivity index (χ1n) is 39.1. The van der Waals surface area contributed by atoms with Gasteiger partial charge in [0.25, 0.3) is 0 Å².